The van der Waals surface area contributed by atoms with Crippen LogP contribution in [0.4, 0.5) is 0 Å². The van der Waals surface area contributed by atoms with Crippen LogP contribution in [0, 0.1) is 0 Å². The van der Waals surface area contributed by atoms with Crippen molar-refractivity contribution in [2.24, 2.45) is 0 Å². The van der Waals surface area contributed by atoms with Crippen molar-refractivity contribution in [2.75, 3.05) is 7.05 Å². The lowest BCUT2D eigenvalue weighted by Gasteiger charge is -2.16. The van der Waals surface area contributed by atoms with Crippen LogP contribution in [0.15, 0.2) is 29.0 Å². The molecule has 0 fully saturated rings. The summed E-state index contributed by atoms with van der Waals surface area (Å²) in [5.41, 5.74) is 1.99. The molecular weight excluding hydrogens is 294 g/mol. The van der Waals surface area contributed by atoms with Gasteiger partial charge in [0.1, 0.15) is 0 Å². The van der Waals surface area contributed by atoms with Crippen LogP contribution < -0.4 is 5.32 Å². The predicted octanol–water partition coefficient (Wildman–Crippen LogP) is 2.15. The van der Waals surface area contributed by atoms with Crippen LogP contribution in [0.1, 0.15) is 30.8 Å². The molecule has 0 radical (unpaired) electrons. The molecule has 0 aliphatic carbocycles. The quantitative estimate of drug-likeness (QED) is 0.919. The zero-order chi connectivity index (χ0) is 13.0. The molecule has 0 saturated heterocycles. The third kappa shape index (κ3) is 2.76. The van der Waals surface area contributed by atoms with Gasteiger partial charge in [0.15, 0.2) is 0 Å². The Kier molecular flexibility index (Phi) is 4.43. The van der Waals surface area contributed by atoms with Crippen molar-refractivity contribution in [1.82, 2.24) is 25.3 Å². The first-order chi connectivity index (χ1) is 8.76. The molecule has 1 atom stereocenters. The average Bonchev–Trinajstić information content (AvgIpc) is 2.82. The number of halogens is 1. The zero-order valence-corrected chi connectivity index (χ0v) is 12.1. The molecule has 96 valence electrons. The van der Waals surface area contributed by atoms with Crippen molar-refractivity contribution in [2.45, 2.75) is 25.9 Å². The maximum absolute atomic E-state index is 4.43. The number of hydrogen-bond acceptors (Lipinski definition) is 4. The van der Waals surface area contributed by atoms with Gasteiger partial charge in [-0.1, -0.05) is 12.1 Å². The monoisotopic (exact) mass is 309 g/mol. The number of aryl methyl sites for hydroxylation is 1. The summed E-state index contributed by atoms with van der Waals surface area (Å²) in [4.78, 5) is 4.43. The third-order valence-corrected chi connectivity index (χ3v) is 3.18. The van der Waals surface area contributed by atoms with E-state index in [1.165, 1.54) is 0 Å². The average molecular weight is 310 g/mol. The Morgan fingerprint density at radius 3 is 2.83 bits per heavy atom. The fourth-order valence-electron chi connectivity index (χ4n) is 1.88. The molecule has 2 aromatic rings. The van der Waals surface area contributed by atoms with E-state index < -0.39 is 0 Å². The molecule has 6 heteroatoms. The second-order valence-electron chi connectivity index (χ2n) is 4.00. The van der Waals surface area contributed by atoms with E-state index in [1.54, 1.807) is 12.4 Å². The number of hydrogen-bond donors (Lipinski definition) is 1. The Bertz CT molecular complexity index is 493. The normalized spacial score (nSPS) is 12.6. The summed E-state index contributed by atoms with van der Waals surface area (Å²) in [5, 5.41) is 11.4. The van der Waals surface area contributed by atoms with Crippen molar-refractivity contribution in [3.8, 4) is 0 Å². The number of aromatic nitrogens is 4. The van der Waals surface area contributed by atoms with Gasteiger partial charge >= 0.3 is 0 Å². The zero-order valence-electron chi connectivity index (χ0n) is 10.5. The predicted molar refractivity (Wildman–Crippen MR) is 73.2 cm³/mol. The Hall–Kier alpha value is -1.27. The molecular formula is C12H16BrN5. The minimum absolute atomic E-state index is 0.0136. The van der Waals surface area contributed by atoms with Crippen molar-refractivity contribution in [3.63, 3.8) is 0 Å². The van der Waals surface area contributed by atoms with E-state index in [-0.39, 0.29) is 6.04 Å². The van der Waals surface area contributed by atoms with Gasteiger partial charge in [0.2, 0.25) is 0 Å². The highest BCUT2D eigenvalue weighted by Crippen LogP contribution is 2.20. The molecule has 0 spiro atoms. The number of pyridine rings is 1. The van der Waals surface area contributed by atoms with Crippen LogP contribution in [0.3, 0.4) is 0 Å². The van der Waals surface area contributed by atoms with Gasteiger partial charge in [-0.2, -0.15) is 0 Å². The minimum Gasteiger partial charge on any atom is -0.307 e. The second kappa shape index (κ2) is 6.06. The van der Waals surface area contributed by atoms with Crippen LogP contribution >= 0.6 is 15.9 Å². The Morgan fingerprint density at radius 1 is 1.39 bits per heavy atom. The smallest absolute Gasteiger partial charge is 0.0935 e. The topological polar surface area (TPSA) is 55.6 Å². The fourth-order valence-corrected chi connectivity index (χ4v) is 2.11. The summed E-state index contributed by atoms with van der Waals surface area (Å²) in [6.45, 7) is 2.99. The van der Waals surface area contributed by atoms with Crippen molar-refractivity contribution >= 4 is 15.9 Å². The molecule has 1 N–H and O–H groups in total. The maximum Gasteiger partial charge on any atom is 0.0935 e. The molecule has 0 aliphatic heterocycles. The Morgan fingerprint density at radius 2 is 2.22 bits per heavy atom. The molecule has 5 nitrogen and oxygen atoms in total. The molecule has 0 saturated carbocycles. The highest BCUT2D eigenvalue weighted by molar-refractivity contribution is 9.10. The molecule has 2 heterocycles. The Labute approximate surface area is 115 Å². The summed E-state index contributed by atoms with van der Waals surface area (Å²) < 4.78 is 2.89. The van der Waals surface area contributed by atoms with Gasteiger partial charge in [0.05, 0.1) is 23.6 Å². The van der Waals surface area contributed by atoms with Crippen LogP contribution in [-0.2, 0) is 6.54 Å². The van der Waals surface area contributed by atoms with E-state index in [0.717, 1.165) is 28.8 Å². The molecule has 0 bridgehead atoms. The lowest BCUT2D eigenvalue weighted by Crippen LogP contribution is -2.22. The van der Waals surface area contributed by atoms with Crippen LogP contribution in [-0.4, -0.2) is 27.0 Å². The van der Waals surface area contributed by atoms with Crippen molar-refractivity contribution < 1.29 is 0 Å². The molecule has 18 heavy (non-hydrogen) atoms. The summed E-state index contributed by atoms with van der Waals surface area (Å²) in [5.74, 6) is 0. The highest BCUT2D eigenvalue weighted by Gasteiger charge is 2.18. The standard InChI is InChI=1S/C12H16BrN5/c1-3-6-18-11(8-16-17-18)12(14-2)10-5-4-9(13)7-15-10/h4-5,7-8,12,14H,3,6H2,1-2H3. The summed E-state index contributed by atoms with van der Waals surface area (Å²) >= 11 is 3.39. The summed E-state index contributed by atoms with van der Waals surface area (Å²) in [6, 6.07) is 3.99. The molecule has 2 rings (SSSR count). The first kappa shape index (κ1) is 13.2. The Balaban J connectivity index is 2.32. The maximum atomic E-state index is 4.43. The van der Waals surface area contributed by atoms with Crippen LogP contribution in [0.2, 0.25) is 0 Å². The molecule has 0 aromatic carbocycles. The van der Waals surface area contributed by atoms with E-state index in [4.69, 9.17) is 0 Å². The van der Waals surface area contributed by atoms with Crippen molar-refractivity contribution in [1.29, 1.82) is 0 Å². The number of rotatable bonds is 5. The van der Waals surface area contributed by atoms with Gasteiger partial charge in [-0.3, -0.25) is 4.98 Å². The van der Waals surface area contributed by atoms with E-state index >= 15 is 0 Å². The van der Waals surface area contributed by atoms with Gasteiger partial charge < -0.3 is 5.32 Å². The SMILES string of the molecule is CCCn1nncc1C(NC)c1ccc(Br)cn1. The molecule has 1 unspecified atom stereocenters. The van der Waals surface area contributed by atoms with Crippen LogP contribution in [0.25, 0.3) is 0 Å². The van der Waals surface area contributed by atoms with E-state index in [2.05, 4.69) is 43.5 Å². The molecule has 0 amide bonds. The highest BCUT2D eigenvalue weighted by atomic mass is 79.9. The fraction of sp³-hybridized carbons (Fsp3) is 0.417. The van der Waals surface area contributed by atoms with E-state index in [9.17, 15) is 0 Å². The van der Waals surface area contributed by atoms with E-state index in [1.807, 2.05) is 23.9 Å². The first-order valence-corrected chi connectivity index (χ1v) is 6.72. The number of nitrogens with one attached hydrogen (secondary N) is 1. The van der Waals surface area contributed by atoms with Gasteiger partial charge in [-0.15, -0.1) is 5.10 Å². The largest absolute Gasteiger partial charge is 0.307 e. The first-order valence-electron chi connectivity index (χ1n) is 5.93. The molecule has 0 aliphatic rings. The third-order valence-electron chi connectivity index (χ3n) is 2.71. The van der Waals surface area contributed by atoms with Gasteiger partial charge in [-0.05, 0) is 41.5 Å². The van der Waals surface area contributed by atoms with Gasteiger partial charge in [0.25, 0.3) is 0 Å². The minimum atomic E-state index is 0.0136. The van der Waals surface area contributed by atoms with E-state index in [0.29, 0.717) is 0 Å². The van der Waals surface area contributed by atoms with Gasteiger partial charge in [-0.25, -0.2) is 4.68 Å². The lowest BCUT2D eigenvalue weighted by atomic mass is 10.1. The lowest BCUT2D eigenvalue weighted by molar-refractivity contribution is 0.519. The second-order valence-corrected chi connectivity index (χ2v) is 4.92. The molecule has 2 aromatic heterocycles. The van der Waals surface area contributed by atoms with Crippen molar-refractivity contribution in [3.05, 3.63) is 40.4 Å². The van der Waals surface area contributed by atoms with Gasteiger partial charge in [0, 0.05) is 17.2 Å². The van der Waals surface area contributed by atoms with Crippen LogP contribution in [0.5, 0.6) is 0 Å². The number of nitrogens with zero attached hydrogens (tertiary/aromatic N) is 4. The summed E-state index contributed by atoms with van der Waals surface area (Å²) in [6.07, 6.45) is 4.62. The summed E-state index contributed by atoms with van der Waals surface area (Å²) in [7, 11) is 1.91.